The van der Waals surface area contributed by atoms with Crippen LogP contribution in [0, 0.1) is 0 Å². The fraction of sp³-hybridized carbons (Fsp3) is 0.0244. The fourth-order valence-electron chi connectivity index (χ4n) is 6.14. The van der Waals surface area contributed by atoms with Crippen molar-refractivity contribution in [3.05, 3.63) is 179 Å². The number of anilines is 2. The molecule has 0 aliphatic carbocycles. The van der Waals surface area contributed by atoms with Gasteiger partial charge in [-0.05, 0) is 83.9 Å². The number of amides is 4. The Labute approximate surface area is 286 Å². The zero-order valence-corrected chi connectivity index (χ0v) is 26.2. The highest BCUT2D eigenvalue weighted by Crippen LogP contribution is 2.36. The highest BCUT2D eigenvalue weighted by Gasteiger charge is 2.39. The summed E-state index contributed by atoms with van der Waals surface area (Å²) >= 11 is 0. The smallest absolute Gasteiger partial charge is 0.266 e. The van der Waals surface area contributed by atoms with E-state index in [0.717, 1.165) is 9.80 Å². The monoisotopic (exact) mass is 658 g/mol. The molecule has 0 saturated heterocycles. The van der Waals surface area contributed by atoms with E-state index in [1.54, 1.807) is 84.9 Å². The van der Waals surface area contributed by atoms with Crippen LogP contribution in [0.3, 0.4) is 0 Å². The van der Waals surface area contributed by atoms with Gasteiger partial charge in [-0.25, -0.2) is 9.80 Å². The Balaban J connectivity index is 1.03. The third-order valence-corrected chi connectivity index (χ3v) is 8.56. The van der Waals surface area contributed by atoms with E-state index in [0.29, 0.717) is 45.5 Å². The fourth-order valence-corrected chi connectivity index (χ4v) is 6.14. The topological polar surface area (TPSA) is 113 Å². The Bertz CT molecular complexity index is 2170. The second-order valence-corrected chi connectivity index (χ2v) is 11.7. The summed E-state index contributed by atoms with van der Waals surface area (Å²) in [5, 5.41) is 11.4. The molecular formula is C41H26N2O7. The van der Waals surface area contributed by atoms with E-state index in [-0.39, 0.29) is 22.3 Å². The maximum Gasteiger partial charge on any atom is 0.266 e. The first kappa shape index (κ1) is 30.5. The van der Waals surface area contributed by atoms with E-state index in [1.165, 1.54) is 24.3 Å². The maximum absolute atomic E-state index is 13.6. The zero-order valence-electron chi connectivity index (χ0n) is 26.2. The lowest BCUT2D eigenvalue weighted by molar-refractivity contribution is 0.0910. The van der Waals surface area contributed by atoms with Crippen molar-refractivity contribution in [2.24, 2.45) is 0 Å². The van der Waals surface area contributed by atoms with Gasteiger partial charge in [-0.3, -0.25) is 19.2 Å². The third-order valence-electron chi connectivity index (χ3n) is 8.56. The molecule has 0 atom stereocenters. The van der Waals surface area contributed by atoms with E-state index in [9.17, 15) is 24.3 Å². The maximum atomic E-state index is 13.6. The summed E-state index contributed by atoms with van der Waals surface area (Å²) in [6.45, 7) is 0. The van der Waals surface area contributed by atoms with Crippen LogP contribution in [0.5, 0.6) is 23.0 Å². The highest BCUT2D eigenvalue weighted by molar-refractivity contribution is 6.35. The van der Waals surface area contributed by atoms with E-state index < -0.39 is 29.7 Å². The number of carbonyl (C=O) groups excluding carboxylic acids is 4. The molecule has 0 radical (unpaired) electrons. The number of nitrogens with zero attached hydrogens (tertiary/aromatic N) is 2. The lowest BCUT2D eigenvalue weighted by atomic mass is 9.95. The Morgan fingerprint density at radius 3 is 1.20 bits per heavy atom. The first-order valence-corrected chi connectivity index (χ1v) is 15.8. The molecule has 0 bridgehead atoms. The van der Waals surface area contributed by atoms with Gasteiger partial charge in [-0.2, -0.15) is 0 Å². The average molecular weight is 659 g/mol. The number of benzene rings is 6. The second kappa shape index (κ2) is 12.3. The van der Waals surface area contributed by atoms with Crippen LogP contribution in [0.4, 0.5) is 11.4 Å². The van der Waals surface area contributed by atoms with Crippen LogP contribution in [0.15, 0.2) is 146 Å². The molecule has 6 aromatic carbocycles. The number of para-hydroxylation sites is 2. The molecule has 8 rings (SSSR count). The number of carbonyl (C=O) groups is 4. The average Bonchev–Trinajstić information content (AvgIpc) is 3.55. The van der Waals surface area contributed by atoms with Gasteiger partial charge in [0.1, 0.15) is 29.1 Å². The summed E-state index contributed by atoms with van der Waals surface area (Å²) in [5.74, 6) is 0.0538. The number of hydrogen-bond donors (Lipinski definition) is 1. The molecule has 242 valence electrons. The molecular weight excluding hydrogens is 632 g/mol. The minimum Gasteiger partial charge on any atom is -0.457 e. The van der Waals surface area contributed by atoms with Gasteiger partial charge in [0.05, 0.1) is 33.6 Å². The number of aliphatic hydroxyl groups is 1. The van der Waals surface area contributed by atoms with Crippen molar-refractivity contribution in [1.29, 1.82) is 0 Å². The molecule has 50 heavy (non-hydrogen) atoms. The van der Waals surface area contributed by atoms with Crippen LogP contribution in [0.25, 0.3) is 0 Å². The summed E-state index contributed by atoms with van der Waals surface area (Å²) in [7, 11) is 0. The summed E-state index contributed by atoms with van der Waals surface area (Å²) < 4.78 is 11.8. The van der Waals surface area contributed by atoms with Gasteiger partial charge in [-0.15, -0.1) is 0 Å². The molecule has 0 saturated carbocycles. The molecule has 0 fully saturated rings. The van der Waals surface area contributed by atoms with E-state index in [2.05, 4.69) is 0 Å². The molecule has 2 aliphatic rings. The Hall–Kier alpha value is -6.84. The summed E-state index contributed by atoms with van der Waals surface area (Å²) in [6.07, 6.45) is -1.26. The minimum atomic E-state index is -1.26. The van der Waals surface area contributed by atoms with Crippen molar-refractivity contribution in [3.8, 4) is 23.0 Å². The van der Waals surface area contributed by atoms with Crippen LogP contribution in [-0.2, 0) is 0 Å². The van der Waals surface area contributed by atoms with Gasteiger partial charge >= 0.3 is 0 Å². The van der Waals surface area contributed by atoms with Gasteiger partial charge in [0, 0.05) is 12.1 Å². The second-order valence-electron chi connectivity index (χ2n) is 11.7. The molecule has 0 spiro atoms. The van der Waals surface area contributed by atoms with Crippen molar-refractivity contribution < 1.29 is 33.8 Å². The SMILES string of the molecule is O=C1c2ccc(C(O)c3ccc4c(c3)C(=O)N(c3cccc(Oc5ccccc5)c3)C4=O)cc2C(=O)N1c1cccc(Oc2ccccc2)c1. The largest absolute Gasteiger partial charge is 0.457 e. The van der Waals surface area contributed by atoms with Crippen LogP contribution in [0.1, 0.15) is 58.7 Å². The van der Waals surface area contributed by atoms with E-state index in [4.69, 9.17) is 9.47 Å². The Morgan fingerprint density at radius 2 is 0.780 bits per heavy atom. The normalized spacial score (nSPS) is 13.6. The van der Waals surface area contributed by atoms with Crippen molar-refractivity contribution in [2.45, 2.75) is 6.10 Å². The Morgan fingerprint density at radius 1 is 0.400 bits per heavy atom. The molecule has 9 nitrogen and oxygen atoms in total. The first-order chi connectivity index (χ1) is 24.4. The molecule has 4 amide bonds. The van der Waals surface area contributed by atoms with Crippen molar-refractivity contribution >= 4 is 35.0 Å². The number of ether oxygens (including phenoxy) is 2. The van der Waals surface area contributed by atoms with Gasteiger partial charge < -0.3 is 14.6 Å². The van der Waals surface area contributed by atoms with E-state index >= 15 is 0 Å². The molecule has 2 heterocycles. The molecule has 2 aliphatic heterocycles. The van der Waals surface area contributed by atoms with Crippen LogP contribution >= 0.6 is 0 Å². The van der Waals surface area contributed by atoms with Gasteiger partial charge in [0.25, 0.3) is 23.6 Å². The van der Waals surface area contributed by atoms with Crippen molar-refractivity contribution in [3.63, 3.8) is 0 Å². The summed E-state index contributed by atoms with van der Waals surface area (Å²) in [6, 6.07) is 40.8. The molecule has 9 heteroatoms. The standard InChI is InChI=1S/C41H26N2O7/c44-37(25-17-19-33-35(21-25)40(47)42(38(33)45)27-9-7-15-31(23-27)49-29-11-3-1-4-12-29)26-18-20-34-36(22-26)41(48)43(39(34)46)28-10-8-16-32(24-28)50-30-13-5-2-6-14-30/h1-24,37,44H. The molecule has 0 aromatic heterocycles. The van der Waals surface area contributed by atoms with Crippen LogP contribution in [-0.4, -0.2) is 28.7 Å². The van der Waals surface area contributed by atoms with Gasteiger partial charge in [0.2, 0.25) is 0 Å². The predicted molar refractivity (Wildman–Crippen MR) is 185 cm³/mol. The van der Waals surface area contributed by atoms with Crippen LogP contribution in [0.2, 0.25) is 0 Å². The van der Waals surface area contributed by atoms with Gasteiger partial charge in [0.15, 0.2) is 0 Å². The molecule has 6 aromatic rings. The Kier molecular flexibility index (Phi) is 7.51. The van der Waals surface area contributed by atoms with Crippen LogP contribution < -0.4 is 19.3 Å². The lowest BCUT2D eigenvalue weighted by Crippen LogP contribution is -2.29. The highest BCUT2D eigenvalue weighted by atomic mass is 16.5. The molecule has 1 N–H and O–H groups in total. The predicted octanol–water partition coefficient (Wildman–Crippen LogP) is 7.95. The quantitative estimate of drug-likeness (QED) is 0.165. The number of hydrogen-bond acceptors (Lipinski definition) is 7. The number of fused-ring (bicyclic) bond motifs is 2. The van der Waals surface area contributed by atoms with Crippen molar-refractivity contribution in [2.75, 3.05) is 9.80 Å². The summed E-state index contributed by atoms with van der Waals surface area (Å²) in [4.78, 5) is 56.2. The lowest BCUT2D eigenvalue weighted by Gasteiger charge is -2.15. The first-order valence-electron chi connectivity index (χ1n) is 15.8. The zero-order chi connectivity index (χ0) is 34.4. The number of aliphatic hydroxyl groups excluding tert-OH is 1. The number of rotatable bonds is 8. The van der Waals surface area contributed by atoms with Crippen molar-refractivity contribution in [1.82, 2.24) is 0 Å². The van der Waals surface area contributed by atoms with E-state index in [1.807, 2.05) is 36.4 Å². The number of imide groups is 2. The summed E-state index contributed by atoms with van der Waals surface area (Å²) in [5.41, 5.74) is 2.03. The minimum absolute atomic E-state index is 0.136. The molecule has 0 unspecified atom stereocenters. The van der Waals surface area contributed by atoms with Gasteiger partial charge in [-0.1, -0.05) is 60.7 Å². The third kappa shape index (κ3) is 5.37.